The second-order valence-electron chi connectivity index (χ2n) is 6.94. The summed E-state index contributed by atoms with van der Waals surface area (Å²) in [7, 11) is 0. The normalized spacial score (nSPS) is 35.0. The van der Waals surface area contributed by atoms with E-state index < -0.39 is 0 Å². The molecular weight excluding hydrogens is 228 g/mol. The first-order valence-electron chi connectivity index (χ1n) is 8.12. The molecule has 0 aromatic heterocycles. The Bertz CT molecular complexity index is 525. The molecule has 0 heteroatoms. The molecule has 3 atom stereocenters. The molecule has 1 aromatic carbocycles. The van der Waals surface area contributed by atoms with Crippen LogP contribution in [0.1, 0.15) is 55.7 Å². The molecule has 3 unspecified atom stereocenters. The summed E-state index contributed by atoms with van der Waals surface area (Å²) in [5, 5.41) is 0. The maximum Gasteiger partial charge on any atom is 0.00244 e. The van der Waals surface area contributed by atoms with E-state index in [1.165, 1.54) is 44.9 Å². The van der Waals surface area contributed by atoms with Crippen molar-refractivity contribution in [2.45, 2.75) is 57.3 Å². The van der Waals surface area contributed by atoms with Crippen LogP contribution < -0.4 is 0 Å². The molecule has 4 rings (SSSR count). The van der Waals surface area contributed by atoms with Crippen LogP contribution in [0.3, 0.4) is 0 Å². The van der Waals surface area contributed by atoms with Gasteiger partial charge in [0.25, 0.3) is 0 Å². The second kappa shape index (κ2) is 4.23. The van der Waals surface area contributed by atoms with E-state index in [0.29, 0.717) is 5.41 Å². The van der Waals surface area contributed by atoms with Crippen LogP contribution in [0.5, 0.6) is 0 Å². The molecule has 0 saturated heterocycles. The van der Waals surface area contributed by atoms with Gasteiger partial charge in [-0.25, -0.2) is 0 Å². The van der Waals surface area contributed by atoms with Gasteiger partial charge >= 0.3 is 0 Å². The van der Waals surface area contributed by atoms with Gasteiger partial charge in [0, 0.05) is 5.41 Å². The molecule has 3 aliphatic rings. The van der Waals surface area contributed by atoms with Crippen molar-refractivity contribution < 1.29 is 0 Å². The molecule has 0 heterocycles. The lowest BCUT2D eigenvalue weighted by Crippen LogP contribution is -2.35. The van der Waals surface area contributed by atoms with Gasteiger partial charge in [0.05, 0.1) is 0 Å². The van der Waals surface area contributed by atoms with Gasteiger partial charge in [0.2, 0.25) is 0 Å². The van der Waals surface area contributed by atoms with E-state index in [0.717, 1.165) is 11.8 Å². The van der Waals surface area contributed by atoms with Gasteiger partial charge in [-0.05, 0) is 67.1 Å². The third kappa shape index (κ3) is 1.65. The molecule has 0 N–H and O–H groups in total. The number of hydrogen-bond acceptors (Lipinski definition) is 0. The Morgan fingerprint density at radius 3 is 2.95 bits per heavy atom. The summed E-state index contributed by atoms with van der Waals surface area (Å²) in [6.45, 7) is 2.29. The quantitative estimate of drug-likeness (QED) is 0.663. The van der Waals surface area contributed by atoms with Crippen molar-refractivity contribution in [3.63, 3.8) is 0 Å². The monoisotopic (exact) mass is 252 g/mol. The van der Waals surface area contributed by atoms with E-state index in [9.17, 15) is 0 Å². The van der Waals surface area contributed by atoms with Crippen molar-refractivity contribution >= 4 is 0 Å². The van der Waals surface area contributed by atoms with E-state index in [1.54, 1.807) is 16.7 Å². The van der Waals surface area contributed by atoms with Gasteiger partial charge in [0.1, 0.15) is 0 Å². The van der Waals surface area contributed by atoms with Crippen molar-refractivity contribution in [2.75, 3.05) is 0 Å². The molecule has 0 aliphatic heterocycles. The lowest BCUT2D eigenvalue weighted by Gasteiger charge is -2.41. The Kier molecular flexibility index (Phi) is 2.62. The maximum atomic E-state index is 2.58. The molecule has 0 nitrogen and oxygen atoms in total. The first-order chi connectivity index (χ1) is 9.32. The smallest absolute Gasteiger partial charge is 0.00244 e. The van der Waals surface area contributed by atoms with E-state index >= 15 is 0 Å². The summed E-state index contributed by atoms with van der Waals surface area (Å²) in [6.07, 6.45) is 14.5. The van der Waals surface area contributed by atoms with Crippen LogP contribution in [-0.2, 0) is 18.3 Å². The predicted molar refractivity (Wildman–Crippen MR) is 80.4 cm³/mol. The zero-order chi connectivity index (χ0) is 12.9. The molecule has 0 radical (unpaired) electrons. The lowest BCUT2D eigenvalue weighted by molar-refractivity contribution is 0.303. The number of hydrogen-bond donors (Lipinski definition) is 0. The van der Waals surface area contributed by atoms with Crippen LogP contribution >= 0.6 is 0 Å². The first-order valence-corrected chi connectivity index (χ1v) is 8.12. The van der Waals surface area contributed by atoms with Crippen LogP contribution in [0.25, 0.3) is 0 Å². The standard InChI is InChI=1S/C19H24/c1-2-4-14-6-8-16-5-3-10-19(18(16)12-14)13-15-7-9-17(19)11-15/h6-9,12,15,17H,2-5,10-11,13H2,1H3. The molecular formula is C19H24. The lowest BCUT2D eigenvalue weighted by atomic mass is 9.63. The van der Waals surface area contributed by atoms with Gasteiger partial charge in [0.15, 0.2) is 0 Å². The highest BCUT2D eigenvalue weighted by atomic mass is 14.5. The Balaban J connectivity index is 1.81. The summed E-state index contributed by atoms with van der Waals surface area (Å²) in [4.78, 5) is 0. The van der Waals surface area contributed by atoms with Crippen molar-refractivity contribution in [1.82, 2.24) is 0 Å². The van der Waals surface area contributed by atoms with Gasteiger partial charge in [-0.3, -0.25) is 0 Å². The fraction of sp³-hybridized carbons (Fsp3) is 0.579. The number of aryl methyl sites for hydroxylation is 2. The highest BCUT2D eigenvalue weighted by Gasteiger charge is 2.50. The van der Waals surface area contributed by atoms with Crippen LogP contribution in [0.2, 0.25) is 0 Å². The van der Waals surface area contributed by atoms with Gasteiger partial charge in [-0.15, -0.1) is 0 Å². The van der Waals surface area contributed by atoms with Crippen molar-refractivity contribution in [1.29, 1.82) is 0 Å². The molecule has 100 valence electrons. The molecule has 0 amide bonds. The Morgan fingerprint density at radius 1 is 1.26 bits per heavy atom. The van der Waals surface area contributed by atoms with Crippen molar-refractivity contribution in [3.05, 3.63) is 47.0 Å². The van der Waals surface area contributed by atoms with Crippen LogP contribution in [-0.4, -0.2) is 0 Å². The Hall–Kier alpha value is -1.04. The van der Waals surface area contributed by atoms with Gasteiger partial charge in [-0.2, -0.15) is 0 Å². The first kappa shape index (κ1) is 11.8. The fourth-order valence-corrected chi connectivity index (χ4v) is 5.03. The van der Waals surface area contributed by atoms with Crippen molar-refractivity contribution in [2.24, 2.45) is 11.8 Å². The molecule has 1 saturated carbocycles. The van der Waals surface area contributed by atoms with Crippen LogP contribution in [0.15, 0.2) is 30.4 Å². The molecule has 2 bridgehead atoms. The average molecular weight is 252 g/mol. The fourth-order valence-electron chi connectivity index (χ4n) is 5.03. The molecule has 1 fully saturated rings. The van der Waals surface area contributed by atoms with E-state index in [1.807, 2.05) is 0 Å². The summed E-state index contributed by atoms with van der Waals surface area (Å²) in [5.41, 5.74) is 5.49. The number of allylic oxidation sites excluding steroid dienone is 2. The minimum atomic E-state index is 0.525. The third-order valence-corrected chi connectivity index (χ3v) is 5.83. The van der Waals surface area contributed by atoms with Crippen molar-refractivity contribution in [3.8, 4) is 0 Å². The average Bonchev–Trinajstić information content (AvgIpc) is 3.01. The summed E-state index contributed by atoms with van der Waals surface area (Å²) >= 11 is 0. The Labute approximate surface area is 116 Å². The predicted octanol–water partition coefficient (Wildman–Crippen LogP) is 4.81. The van der Waals surface area contributed by atoms with E-state index in [-0.39, 0.29) is 0 Å². The van der Waals surface area contributed by atoms with Crippen LogP contribution in [0.4, 0.5) is 0 Å². The summed E-state index contributed by atoms with van der Waals surface area (Å²) < 4.78 is 0. The minimum Gasteiger partial charge on any atom is -0.0851 e. The topological polar surface area (TPSA) is 0 Å². The zero-order valence-corrected chi connectivity index (χ0v) is 12.0. The third-order valence-electron chi connectivity index (χ3n) is 5.83. The number of fused-ring (bicyclic) bond motifs is 5. The van der Waals surface area contributed by atoms with Gasteiger partial charge < -0.3 is 0 Å². The van der Waals surface area contributed by atoms with Gasteiger partial charge in [-0.1, -0.05) is 43.7 Å². The minimum absolute atomic E-state index is 0.525. The Morgan fingerprint density at radius 2 is 2.21 bits per heavy atom. The van der Waals surface area contributed by atoms with E-state index in [4.69, 9.17) is 0 Å². The highest BCUT2D eigenvalue weighted by molar-refractivity contribution is 5.44. The summed E-state index contributed by atoms with van der Waals surface area (Å²) in [6, 6.07) is 7.40. The number of rotatable bonds is 2. The maximum absolute atomic E-state index is 2.58. The van der Waals surface area contributed by atoms with Crippen LogP contribution in [0, 0.1) is 11.8 Å². The summed E-state index contributed by atoms with van der Waals surface area (Å²) in [5.74, 6) is 1.72. The second-order valence-corrected chi connectivity index (χ2v) is 6.94. The molecule has 19 heavy (non-hydrogen) atoms. The largest absolute Gasteiger partial charge is 0.0851 e. The van der Waals surface area contributed by atoms with E-state index in [2.05, 4.69) is 37.3 Å². The molecule has 1 aromatic rings. The number of benzene rings is 1. The molecule has 3 aliphatic carbocycles. The highest BCUT2D eigenvalue weighted by Crippen LogP contribution is 2.58. The molecule has 1 spiro atoms. The SMILES string of the molecule is CCCc1ccc2c(c1)C1(CCC2)CC2C=CC1C2. The zero-order valence-electron chi connectivity index (χ0n) is 12.0.